The third-order valence-electron chi connectivity index (χ3n) is 3.92. The summed E-state index contributed by atoms with van der Waals surface area (Å²) >= 11 is 0. The largest absolute Gasteiger partial charge is 0.352 e. The van der Waals surface area contributed by atoms with Gasteiger partial charge in [-0.25, -0.2) is 0 Å². The molecule has 0 atom stereocenters. The maximum Gasteiger partial charge on any atom is 0.222 e. The second-order valence-corrected chi connectivity index (χ2v) is 5.95. The van der Waals surface area contributed by atoms with Crippen LogP contribution in [-0.2, 0) is 17.9 Å². The minimum absolute atomic E-state index is 0.0438. The number of nitrogens with zero attached hydrogens (tertiary/aromatic N) is 2. The predicted octanol–water partition coefficient (Wildman–Crippen LogP) is 3.36. The Hall–Kier alpha value is -2.62. The Morgan fingerprint density at radius 1 is 1.13 bits per heavy atom. The SMILES string of the molecule is Cc1cccc(CNC(=O)CCn2ncc3cc(C)ccc32)c1. The molecule has 1 aromatic heterocycles. The van der Waals surface area contributed by atoms with Crippen molar-refractivity contribution in [3.05, 3.63) is 65.4 Å². The Bertz CT molecular complexity index is 836. The van der Waals surface area contributed by atoms with Crippen molar-refractivity contribution in [3.63, 3.8) is 0 Å². The number of aryl methyl sites for hydroxylation is 3. The first kappa shape index (κ1) is 15.3. The molecule has 3 aromatic rings. The molecular weight excluding hydrogens is 286 g/mol. The smallest absolute Gasteiger partial charge is 0.222 e. The van der Waals surface area contributed by atoms with Crippen LogP contribution < -0.4 is 5.32 Å². The van der Waals surface area contributed by atoms with E-state index in [1.165, 1.54) is 11.1 Å². The first-order chi connectivity index (χ1) is 11.1. The minimum atomic E-state index is 0.0438. The van der Waals surface area contributed by atoms with Gasteiger partial charge in [0.15, 0.2) is 0 Å². The summed E-state index contributed by atoms with van der Waals surface area (Å²) in [6.07, 6.45) is 2.28. The number of amides is 1. The van der Waals surface area contributed by atoms with Gasteiger partial charge in [-0.15, -0.1) is 0 Å². The molecule has 4 nitrogen and oxygen atoms in total. The van der Waals surface area contributed by atoms with Gasteiger partial charge in [0.1, 0.15) is 0 Å². The Morgan fingerprint density at radius 3 is 2.78 bits per heavy atom. The number of benzene rings is 2. The van der Waals surface area contributed by atoms with Gasteiger partial charge in [0.05, 0.1) is 18.3 Å². The van der Waals surface area contributed by atoms with Crippen LogP contribution in [0, 0.1) is 13.8 Å². The van der Waals surface area contributed by atoms with Crippen LogP contribution in [0.5, 0.6) is 0 Å². The fourth-order valence-electron chi connectivity index (χ4n) is 2.70. The van der Waals surface area contributed by atoms with Crippen LogP contribution in [0.2, 0.25) is 0 Å². The minimum Gasteiger partial charge on any atom is -0.352 e. The van der Waals surface area contributed by atoms with Crippen LogP contribution in [0.3, 0.4) is 0 Å². The highest BCUT2D eigenvalue weighted by atomic mass is 16.1. The van der Waals surface area contributed by atoms with Crippen molar-refractivity contribution in [2.75, 3.05) is 0 Å². The van der Waals surface area contributed by atoms with E-state index in [0.29, 0.717) is 19.5 Å². The summed E-state index contributed by atoms with van der Waals surface area (Å²) in [5.41, 5.74) is 4.61. The van der Waals surface area contributed by atoms with Crippen molar-refractivity contribution in [1.82, 2.24) is 15.1 Å². The Labute approximate surface area is 136 Å². The standard InChI is InChI=1S/C19H21N3O/c1-14-4-3-5-16(10-14)12-20-19(23)8-9-22-18-7-6-15(2)11-17(18)13-21-22/h3-7,10-11,13H,8-9,12H2,1-2H3,(H,20,23). The summed E-state index contributed by atoms with van der Waals surface area (Å²) in [6.45, 7) is 5.27. The quantitative estimate of drug-likeness (QED) is 0.785. The molecule has 0 saturated heterocycles. The molecule has 4 heteroatoms. The normalized spacial score (nSPS) is 10.9. The number of rotatable bonds is 5. The second-order valence-electron chi connectivity index (χ2n) is 5.95. The van der Waals surface area contributed by atoms with E-state index in [-0.39, 0.29) is 5.91 Å². The number of hydrogen-bond donors (Lipinski definition) is 1. The van der Waals surface area contributed by atoms with E-state index in [0.717, 1.165) is 16.5 Å². The van der Waals surface area contributed by atoms with Crippen LogP contribution >= 0.6 is 0 Å². The topological polar surface area (TPSA) is 46.9 Å². The van der Waals surface area contributed by atoms with E-state index in [9.17, 15) is 4.79 Å². The Balaban J connectivity index is 1.56. The zero-order valence-electron chi connectivity index (χ0n) is 13.5. The number of aromatic nitrogens is 2. The van der Waals surface area contributed by atoms with Gasteiger partial charge < -0.3 is 5.32 Å². The average Bonchev–Trinajstić information content (AvgIpc) is 2.93. The lowest BCUT2D eigenvalue weighted by atomic mass is 10.1. The van der Waals surface area contributed by atoms with Crippen molar-refractivity contribution < 1.29 is 4.79 Å². The van der Waals surface area contributed by atoms with Crippen LogP contribution in [0.15, 0.2) is 48.7 Å². The molecule has 0 aliphatic rings. The lowest BCUT2D eigenvalue weighted by Crippen LogP contribution is -2.24. The molecule has 1 heterocycles. The van der Waals surface area contributed by atoms with Gasteiger partial charge in [-0.05, 0) is 31.5 Å². The predicted molar refractivity (Wildman–Crippen MR) is 92.1 cm³/mol. The van der Waals surface area contributed by atoms with Gasteiger partial charge in [0.25, 0.3) is 0 Å². The van der Waals surface area contributed by atoms with Crippen molar-refractivity contribution in [2.24, 2.45) is 0 Å². The van der Waals surface area contributed by atoms with Crippen LogP contribution in [0.1, 0.15) is 23.1 Å². The van der Waals surface area contributed by atoms with Crippen molar-refractivity contribution in [2.45, 2.75) is 33.4 Å². The Kier molecular flexibility index (Phi) is 4.42. The van der Waals surface area contributed by atoms with Crippen LogP contribution in [-0.4, -0.2) is 15.7 Å². The van der Waals surface area contributed by atoms with E-state index >= 15 is 0 Å². The summed E-state index contributed by atoms with van der Waals surface area (Å²) in [4.78, 5) is 12.0. The van der Waals surface area contributed by atoms with Gasteiger partial charge in [-0.2, -0.15) is 5.10 Å². The number of nitrogens with one attached hydrogen (secondary N) is 1. The first-order valence-corrected chi connectivity index (χ1v) is 7.86. The number of fused-ring (bicyclic) bond motifs is 1. The van der Waals surface area contributed by atoms with E-state index in [2.05, 4.69) is 54.6 Å². The summed E-state index contributed by atoms with van der Waals surface area (Å²) in [7, 11) is 0. The number of hydrogen-bond acceptors (Lipinski definition) is 2. The molecule has 23 heavy (non-hydrogen) atoms. The molecule has 0 radical (unpaired) electrons. The molecule has 2 aromatic carbocycles. The van der Waals surface area contributed by atoms with Gasteiger partial charge in [-0.3, -0.25) is 9.48 Å². The molecule has 0 fully saturated rings. The Morgan fingerprint density at radius 2 is 1.96 bits per heavy atom. The first-order valence-electron chi connectivity index (χ1n) is 7.86. The molecule has 1 amide bonds. The molecule has 0 saturated carbocycles. The summed E-state index contributed by atoms with van der Waals surface area (Å²) < 4.78 is 1.89. The van der Waals surface area contributed by atoms with Crippen molar-refractivity contribution in [1.29, 1.82) is 0 Å². The maximum atomic E-state index is 12.0. The fourth-order valence-corrected chi connectivity index (χ4v) is 2.70. The second kappa shape index (κ2) is 6.65. The van der Waals surface area contributed by atoms with Gasteiger partial charge in [0.2, 0.25) is 5.91 Å². The molecular formula is C19H21N3O. The molecule has 118 valence electrons. The molecule has 0 bridgehead atoms. The molecule has 0 unspecified atom stereocenters. The molecule has 0 spiro atoms. The average molecular weight is 307 g/mol. The van der Waals surface area contributed by atoms with Crippen molar-refractivity contribution >= 4 is 16.8 Å². The lowest BCUT2D eigenvalue weighted by molar-refractivity contribution is -0.121. The molecule has 1 N–H and O–H groups in total. The lowest BCUT2D eigenvalue weighted by Gasteiger charge is -2.07. The highest BCUT2D eigenvalue weighted by Crippen LogP contribution is 2.15. The monoisotopic (exact) mass is 307 g/mol. The zero-order chi connectivity index (χ0) is 16.2. The highest BCUT2D eigenvalue weighted by molar-refractivity contribution is 5.80. The van der Waals surface area contributed by atoms with Crippen LogP contribution in [0.4, 0.5) is 0 Å². The van der Waals surface area contributed by atoms with Gasteiger partial charge in [0, 0.05) is 18.4 Å². The van der Waals surface area contributed by atoms with Crippen molar-refractivity contribution in [3.8, 4) is 0 Å². The third-order valence-corrected chi connectivity index (χ3v) is 3.92. The summed E-state index contributed by atoms with van der Waals surface area (Å²) in [5.74, 6) is 0.0438. The van der Waals surface area contributed by atoms with Crippen LogP contribution in [0.25, 0.3) is 10.9 Å². The molecule has 0 aliphatic carbocycles. The molecule has 0 aliphatic heterocycles. The maximum absolute atomic E-state index is 12.0. The van der Waals surface area contributed by atoms with E-state index < -0.39 is 0 Å². The molecule has 3 rings (SSSR count). The highest BCUT2D eigenvalue weighted by Gasteiger charge is 2.06. The van der Waals surface area contributed by atoms with E-state index in [4.69, 9.17) is 0 Å². The number of carbonyl (C=O) groups excluding carboxylic acids is 1. The van der Waals surface area contributed by atoms with Gasteiger partial charge >= 0.3 is 0 Å². The third kappa shape index (κ3) is 3.77. The summed E-state index contributed by atoms with van der Waals surface area (Å²) in [6, 6.07) is 14.4. The fraction of sp³-hybridized carbons (Fsp3) is 0.263. The van der Waals surface area contributed by atoms with E-state index in [1.807, 2.05) is 23.0 Å². The zero-order valence-corrected chi connectivity index (χ0v) is 13.5. The number of carbonyl (C=O) groups is 1. The van der Waals surface area contributed by atoms with Gasteiger partial charge in [-0.1, -0.05) is 41.5 Å². The van der Waals surface area contributed by atoms with E-state index in [1.54, 1.807) is 0 Å². The summed E-state index contributed by atoms with van der Waals surface area (Å²) in [5, 5.41) is 8.46.